The third-order valence-corrected chi connectivity index (χ3v) is 3.01. The predicted octanol–water partition coefficient (Wildman–Crippen LogP) is 0.578. The summed E-state index contributed by atoms with van der Waals surface area (Å²) in [6, 6.07) is 7.51. The minimum atomic E-state index is -0.799. The number of carbonyl (C=O) groups is 1. The van der Waals surface area contributed by atoms with Crippen molar-refractivity contribution < 1.29 is 15.0 Å². The van der Waals surface area contributed by atoms with E-state index in [1.54, 1.807) is 4.90 Å². The number of amides is 1. The number of anilines is 2. The highest BCUT2D eigenvalue weighted by Crippen LogP contribution is 2.29. The molecule has 0 radical (unpaired) electrons. The van der Waals surface area contributed by atoms with Crippen LogP contribution in [0.25, 0.3) is 0 Å². The molecule has 0 saturated carbocycles. The molecule has 1 amide bonds. The van der Waals surface area contributed by atoms with Crippen LogP contribution in [0.2, 0.25) is 0 Å². The van der Waals surface area contributed by atoms with Gasteiger partial charge in [0.2, 0.25) is 5.91 Å². The van der Waals surface area contributed by atoms with Gasteiger partial charge in [-0.25, -0.2) is 0 Å². The monoisotopic (exact) mass is 250 g/mol. The van der Waals surface area contributed by atoms with Gasteiger partial charge in [-0.05, 0) is 18.6 Å². The first-order valence-corrected chi connectivity index (χ1v) is 6.14. The third kappa shape index (κ3) is 2.80. The lowest BCUT2D eigenvalue weighted by Crippen LogP contribution is -2.27. The Balaban J connectivity index is 2.12. The van der Waals surface area contributed by atoms with Crippen molar-refractivity contribution in [2.45, 2.75) is 18.9 Å². The zero-order valence-electron chi connectivity index (χ0n) is 10.2. The van der Waals surface area contributed by atoms with Crippen LogP contribution < -0.4 is 10.2 Å². The highest BCUT2D eigenvalue weighted by Gasteiger charge is 2.23. The van der Waals surface area contributed by atoms with E-state index in [2.05, 4.69) is 5.32 Å². The van der Waals surface area contributed by atoms with Crippen LogP contribution >= 0.6 is 0 Å². The second kappa shape index (κ2) is 5.84. The Morgan fingerprint density at radius 3 is 2.83 bits per heavy atom. The number of hydrogen-bond acceptors (Lipinski definition) is 4. The Hall–Kier alpha value is -1.59. The summed E-state index contributed by atoms with van der Waals surface area (Å²) in [4.78, 5) is 13.5. The average molecular weight is 250 g/mol. The SMILES string of the molecule is O=C1CCCN1c1ccccc1NCC(O)CO. The molecule has 0 bridgehead atoms. The molecule has 18 heavy (non-hydrogen) atoms. The number of nitrogens with one attached hydrogen (secondary N) is 1. The minimum absolute atomic E-state index is 0.131. The minimum Gasteiger partial charge on any atom is -0.394 e. The van der Waals surface area contributed by atoms with Crippen molar-refractivity contribution in [3.63, 3.8) is 0 Å². The fraction of sp³-hybridized carbons (Fsp3) is 0.462. The average Bonchev–Trinajstić information content (AvgIpc) is 2.82. The molecular formula is C13H18N2O3. The van der Waals surface area contributed by atoms with Gasteiger partial charge in [-0.2, -0.15) is 0 Å². The summed E-state index contributed by atoms with van der Waals surface area (Å²) in [5, 5.41) is 21.2. The largest absolute Gasteiger partial charge is 0.394 e. The molecule has 5 nitrogen and oxygen atoms in total. The fourth-order valence-corrected chi connectivity index (χ4v) is 2.05. The van der Waals surface area contributed by atoms with E-state index in [0.717, 1.165) is 24.3 Å². The number of para-hydroxylation sites is 2. The molecule has 1 aromatic carbocycles. The van der Waals surface area contributed by atoms with Crippen molar-refractivity contribution in [1.82, 2.24) is 0 Å². The van der Waals surface area contributed by atoms with Gasteiger partial charge in [0.25, 0.3) is 0 Å². The second-order valence-corrected chi connectivity index (χ2v) is 4.38. The van der Waals surface area contributed by atoms with E-state index in [-0.39, 0.29) is 19.1 Å². The Morgan fingerprint density at radius 2 is 2.17 bits per heavy atom. The molecule has 0 aromatic heterocycles. The number of aliphatic hydroxyl groups is 2. The lowest BCUT2D eigenvalue weighted by atomic mass is 10.2. The van der Waals surface area contributed by atoms with Gasteiger partial charge >= 0.3 is 0 Å². The molecule has 2 rings (SSSR count). The van der Waals surface area contributed by atoms with E-state index in [1.165, 1.54) is 0 Å². The Labute approximate surface area is 106 Å². The number of rotatable bonds is 5. The van der Waals surface area contributed by atoms with Crippen molar-refractivity contribution in [2.75, 3.05) is 29.9 Å². The molecule has 1 aliphatic rings. The van der Waals surface area contributed by atoms with Crippen LogP contribution in [-0.4, -0.2) is 41.9 Å². The molecule has 1 unspecified atom stereocenters. The number of hydrogen-bond donors (Lipinski definition) is 3. The summed E-state index contributed by atoms with van der Waals surface area (Å²) in [6.07, 6.45) is 0.673. The zero-order valence-corrected chi connectivity index (χ0v) is 10.2. The maximum absolute atomic E-state index is 11.7. The second-order valence-electron chi connectivity index (χ2n) is 4.38. The van der Waals surface area contributed by atoms with Crippen LogP contribution in [0.5, 0.6) is 0 Å². The van der Waals surface area contributed by atoms with Gasteiger partial charge < -0.3 is 20.4 Å². The van der Waals surface area contributed by atoms with Crippen molar-refractivity contribution >= 4 is 17.3 Å². The van der Waals surface area contributed by atoms with Gasteiger partial charge in [-0.15, -0.1) is 0 Å². The fourth-order valence-electron chi connectivity index (χ4n) is 2.05. The maximum atomic E-state index is 11.7. The smallest absolute Gasteiger partial charge is 0.227 e. The quantitative estimate of drug-likeness (QED) is 0.714. The molecule has 1 aromatic rings. The highest BCUT2D eigenvalue weighted by atomic mass is 16.3. The summed E-state index contributed by atoms with van der Waals surface area (Å²) in [7, 11) is 0. The molecule has 1 fully saturated rings. The number of benzene rings is 1. The van der Waals surface area contributed by atoms with Crippen LogP contribution in [0, 0.1) is 0 Å². The summed E-state index contributed by atoms with van der Waals surface area (Å²) in [5.41, 5.74) is 1.64. The Bertz CT molecular complexity index is 422. The standard InChI is InChI=1S/C13H18N2O3/c16-9-10(17)8-14-11-4-1-2-5-12(11)15-7-3-6-13(15)18/h1-2,4-5,10,14,16-17H,3,6-9H2. The normalized spacial score (nSPS) is 17.0. The summed E-state index contributed by atoms with van der Waals surface area (Å²) in [5.74, 6) is 0.131. The molecule has 1 saturated heterocycles. The summed E-state index contributed by atoms with van der Waals surface area (Å²) < 4.78 is 0. The first-order chi connectivity index (χ1) is 8.72. The van der Waals surface area contributed by atoms with Gasteiger partial charge in [0.1, 0.15) is 0 Å². The Morgan fingerprint density at radius 1 is 1.39 bits per heavy atom. The molecule has 1 aliphatic heterocycles. The Kier molecular flexibility index (Phi) is 4.17. The summed E-state index contributed by atoms with van der Waals surface area (Å²) >= 11 is 0. The van der Waals surface area contributed by atoms with E-state index in [4.69, 9.17) is 5.11 Å². The van der Waals surface area contributed by atoms with E-state index in [1.807, 2.05) is 24.3 Å². The van der Waals surface area contributed by atoms with Gasteiger partial charge in [0.05, 0.1) is 24.1 Å². The molecule has 3 N–H and O–H groups in total. The predicted molar refractivity (Wildman–Crippen MR) is 69.6 cm³/mol. The molecule has 1 heterocycles. The first-order valence-electron chi connectivity index (χ1n) is 6.14. The molecule has 98 valence electrons. The van der Waals surface area contributed by atoms with Crippen molar-refractivity contribution in [3.8, 4) is 0 Å². The lowest BCUT2D eigenvalue weighted by Gasteiger charge is -2.21. The maximum Gasteiger partial charge on any atom is 0.227 e. The van der Waals surface area contributed by atoms with Crippen LogP contribution in [0.3, 0.4) is 0 Å². The lowest BCUT2D eigenvalue weighted by molar-refractivity contribution is -0.117. The van der Waals surface area contributed by atoms with Gasteiger partial charge in [0.15, 0.2) is 0 Å². The topological polar surface area (TPSA) is 72.8 Å². The third-order valence-electron chi connectivity index (χ3n) is 3.01. The van der Waals surface area contributed by atoms with E-state index in [9.17, 15) is 9.90 Å². The highest BCUT2D eigenvalue weighted by molar-refractivity contribution is 5.98. The van der Waals surface area contributed by atoms with Crippen molar-refractivity contribution in [3.05, 3.63) is 24.3 Å². The summed E-state index contributed by atoms with van der Waals surface area (Å²) in [6.45, 7) is 0.716. The van der Waals surface area contributed by atoms with Crippen LogP contribution in [0.1, 0.15) is 12.8 Å². The number of aliphatic hydroxyl groups excluding tert-OH is 2. The molecule has 0 spiro atoms. The zero-order chi connectivity index (χ0) is 13.0. The van der Waals surface area contributed by atoms with E-state index < -0.39 is 6.10 Å². The van der Waals surface area contributed by atoms with Crippen molar-refractivity contribution in [2.24, 2.45) is 0 Å². The van der Waals surface area contributed by atoms with E-state index >= 15 is 0 Å². The van der Waals surface area contributed by atoms with Gasteiger partial charge in [-0.3, -0.25) is 4.79 Å². The van der Waals surface area contributed by atoms with Crippen LogP contribution in [-0.2, 0) is 4.79 Å². The van der Waals surface area contributed by atoms with Crippen LogP contribution in [0.15, 0.2) is 24.3 Å². The molecule has 0 aliphatic carbocycles. The van der Waals surface area contributed by atoms with Gasteiger partial charge in [-0.1, -0.05) is 12.1 Å². The first kappa shape index (κ1) is 12.9. The van der Waals surface area contributed by atoms with Gasteiger partial charge in [0, 0.05) is 19.5 Å². The van der Waals surface area contributed by atoms with E-state index in [0.29, 0.717) is 6.42 Å². The molecule has 5 heteroatoms. The number of nitrogens with zero attached hydrogens (tertiary/aromatic N) is 1. The van der Waals surface area contributed by atoms with Crippen LogP contribution in [0.4, 0.5) is 11.4 Å². The molecule has 1 atom stereocenters. The number of carbonyl (C=O) groups excluding carboxylic acids is 1. The van der Waals surface area contributed by atoms with Crippen molar-refractivity contribution in [1.29, 1.82) is 0 Å². The molecular weight excluding hydrogens is 232 g/mol.